The molecule has 0 heterocycles. The van der Waals surface area contributed by atoms with E-state index in [1.54, 1.807) is 0 Å². The number of hydrogen-bond acceptors (Lipinski definition) is 1. The molecular formula is C14H20O. The van der Waals surface area contributed by atoms with Crippen LogP contribution in [0.3, 0.4) is 0 Å². The first-order valence-corrected chi connectivity index (χ1v) is 5.85. The molecule has 1 fully saturated rings. The minimum atomic E-state index is -0.105. The average molecular weight is 204 g/mol. The largest absolute Gasteiger partial charge is 0.395 e. The van der Waals surface area contributed by atoms with Gasteiger partial charge in [-0.3, -0.25) is 0 Å². The van der Waals surface area contributed by atoms with E-state index in [1.165, 1.54) is 30.4 Å². The van der Waals surface area contributed by atoms with Crippen LogP contribution < -0.4 is 0 Å². The van der Waals surface area contributed by atoms with Crippen LogP contribution in [0.2, 0.25) is 0 Å². The molecule has 0 bridgehead atoms. The highest BCUT2D eigenvalue weighted by Crippen LogP contribution is 2.40. The van der Waals surface area contributed by atoms with Crippen LogP contribution in [0.5, 0.6) is 0 Å². The molecule has 0 radical (unpaired) electrons. The van der Waals surface area contributed by atoms with Gasteiger partial charge in [0, 0.05) is 5.41 Å². The fourth-order valence-corrected chi connectivity index (χ4v) is 2.27. The lowest BCUT2D eigenvalue weighted by molar-refractivity contribution is 0.216. The highest BCUT2D eigenvalue weighted by molar-refractivity contribution is 5.37. The molecule has 0 atom stereocenters. The fraction of sp³-hybridized carbons (Fsp3) is 0.571. The van der Waals surface area contributed by atoms with E-state index in [0.29, 0.717) is 0 Å². The van der Waals surface area contributed by atoms with Crippen molar-refractivity contribution in [2.75, 3.05) is 6.61 Å². The fourth-order valence-electron chi connectivity index (χ4n) is 2.27. The molecule has 1 aliphatic carbocycles. The summed E-state index contributed by atoms with van der Waals surface area (Å²) in [6.07, 6.45) is 4.00. The number of benzene rings is 1. The van der Waals surface area contributed by atoms with Crippen molar-refractivity contribution in [2.24, 2.45) is 0 Å². The third kappa shape index (κ3) is 1.93. The summed E-state index contributed by atoms with van der Waals surface area (Å²) >= 11 is 0. The van der Waals surface area contributed by atoms with Crippen molar-refractivity contribution < 1.29 is 5.11 Å². The summed E-state index contributed by atoms with van der Waals surface area (Å²) in [5.41, 5.74) is 2.69. The van der Waals surface area contributed by atoms with Gasteiger partial charge in [-0.2, -0.15) is 0 Å². The molecule has 0 aromatic heterocycles. The Kier molecular flexibility index (Phi) is 2.83. The number of rotatable bonds is 3. The summed E-state index contributed by atoms with van der Waals surface area (Å²) < 4.78 is 0. The van der Waals surface area contributed by atoms with Crippen molar-refractivity contribution in [3.63, 3.8) is 0 Å². The van der Waals surface area contributed by atoms with Gasteiger partial charge in [-0.25, -0.2) is 0 Å². The van der Waals surface area contributed by atoms with Crippen LogP contribution in [0.15, 0.2) is 24.3 Å². The summed E-state index contributed by atoms with van der Waals surface area (Å²) in [5.74, 6) is 0.743. The summed E-state index contributed by atoms with van der Waals surface area (Å²) in [5, 5.41) is 9.44. The van der Waals surface area contributed by atoms with Crippen molar-refractivity contribution in [3.8, 4) is 0 Å². The summed E-state index contributed by atoms with van der Waals surface area (Å²) in [6, 6.07) is 8.60. The molecule has 1 aromatic carbocycles. The number of aliphatic hydroxyl groups is 1. The van der Waals surface area contributed by atoms with E-state index in [0.717, 1.165) is 5.92 Å². The SMILES string of the molecule is CC(C)(CO)c1ccccc1C1CCC1. The molecule has 15 heavy (non-hydrogen) atoms. The van der Waals surface area contributed by atoms with Crippen molar-refractivity contribution in [1.82, 2.24) is 0 Å². The Bertz CT molecular complexity index is 337. The standard InChI is InChI=1S/C14H20O/c1-14(2,10-15)13-9-4-3-8-12(13)11-6-5-7-11/h3-4,8-9,11,15H,5-7,10H2,1-2H3. The van der Waals surface area contributed by atoms with E-state index < -0.39 is 0 Å². The van der Waals surface area contributed by atoms with E-state index in [-0.39, 0.29) is 12.0 Å². The lowest BCUT2D eigenvalue weighted by Crippen LogP contribution is -2.25. The van der Waals surface area contributed by atoms with Crippen LogP contribution >= 0.6 is 0 Å². The first-order chi connectivity index (χ1) is 7.15. The van der Waals surface area contributed by atoms with Crippen molar-refractivity contribution >= 4 is 0 Å². The zero-order valence-corrected chi connectivity index (χ0v) is 9.66. The van der Waals surface area contributed by atoms with Crippen molar-refractivity contribution in [1.29, 1.82) is 0 Å². The van der Waals surface area contributed by atoms with Crippen LogP contribution in [-0.4, -0.2) is 11.7 Å². The van der Waals surface area contributed by atoms with Gasteiger partial charge < -0.3 is 5.11 Å². The monoisotopic (exact) mass is 204 g/mol. The van der Waals surface area contributed by atoms with Crippen molar-refractivity contribution in [2.45, 2.75) is 44.4 Å². The Balaban J connectivity index is 2.37. The molecule has 0 saturated heterocycles. The second-order valence-corrected chi connectivity index (χ2v) is 5.26. The number of aliphatic hydroxyl groups excluding tert-OH is 1. The van der Waals surface area contributed by atoms with E-state index in [1.807, 2.05) is 0 Å². The minimum absolute atomic E-state index is 0.105. The highest BCUT2D eigenvalue weighted by atomic mass is 16.3. The Morgan fingerprint density at radius 1 is 1.27 bits per heavy atom. The van der Waals surface area contributed by atoms with Crippen LogP contribution in [-0.2, 0) is 5.41 Å². The molecule has 1 aromatic rings. The van der Waals surface area contributed by atoms with Crippen molar-refractivity contribution in [3.05, 3.63) is 35.4 Å². The molecule has 0 aliphatic heterocycles. The van der Waals surface area contributed by atoms with Crippen LogP contribution in [0.1, 0.15) is 50.2 Å². The zero-order chi connectivity index (χ0) is 10.9. The van der Waals surface area contributed by atoms with E-state index in [2.05, 4.69) is 38.1 Å². The predicted octanol–water partition coefficient (Wildman–Crippen LogP) is 3.22. The quantitative estimate of drug-likeness (QED) is 0.801. The smallest absolute Gasteiger partial charge is 0.0522 e. The first kappa shape index (κ1) is 10.7. The maximum absolute atomic E-state index is 9.44. The van der Waals surface area contributed by atoms with Crippen LogP contribution in [0.25, 0.3) is 0 Å². The molecule has 0 unspecified atom stereocenters. The third-order valence-corrected chi connectivity index (χ3v) is 3.63. The van der Waals surface area contributed by atoms with Gasteiger partial charge in [0.25, 0.3) is 0 Å². The lowest BCUT2D eigenvalue weighted by Gasteiger charge is -2.33. The molecule has 1 aliphatic rings. The summed E-state index contributed by atoms with van der Waals surface area (Å²) in [4.78, 5) is 0. The lowest BCUT2D eigenvalue weighted by atomic mass is 9.73. The average Bonchev–Trinajstić information content (AvgIpc) is 2.16. The Labute approximate surface area is 92.1 Å². The highest BCUT2D eigenvalue weighted by Gasteiger charge is 2.28. The van der Waals surface area contributed by atoms with Gasteiger partial charge in [0.1, 0.15) is 0 Å². The molecule has 82 valence electrons. The minimum Gasteiger partial charge on any atom is -0.395 e. The molecule has 0 amide bonds. The van der Waals surface area contributed by atoms with E-state index in [4.69, 9.17) is 0 Å². The second-order valence-electron chi connectivity index (χ2n) is 5.26. The maximum Gasteiger partial charge on any atom is 0.0522 e. The van der Waals surface area contributed by atoms with Gasteiger partial charge in [-0.05, 0) is 29.9 Å². The Hall–Kier alpha value is -0.820. The molecule has 1 N–H and O–H groups in total. The molecular weight excluding hydrogens is 184 g/mol. The van der Waals surface area contributed by atoms with Crippen LogP contribution in [0, 0.1) is 0 Å². The topological polar surface area (TPSA) is 20.2 Å². The molecule has 1 nitrogen and oxygen atoms in total. The molecule has 1 heteroatoms. The van der Waals surface area contributed by atoms with Gasteiger partial charge in [0.15, 0.2) is 0 Å². The van der Waals surface area contributed by atoms with E-state index in [9.17, 15) is 5.11 Å². The summed E-state index contributed by atoms with van der Waals surface area (Å²) in [6.45, 7) is 4.45. The Morgan fingerprint density at radius 2 is 1.93 bits per heavy atom. The first-order valence-electron chi connectivity index (χ1n) is 5.85. The zero-order valence-electron chi connectivity index (χ0n) is 9.66. The third-order valence-electron chi connectivity index (χ3n) is 3.63. The van der Waals surface area contributed by atoms with Crippen LogP contribution in [0.4, 0.5) is 0 Å². The normalized spacial score (nSPS) is 17.5. The van der Waals surface area contributed by atoms with Gasteiger partial charge in [0.2, 0.25) is 0 Å². The molecule has 0 spiro atoms. The predicted molar refractivity (Wildman–Crippen MR) is 63.1 cm³/mol. The summed E-state index contributed by atoms with van der Waals surface area (Å²) in [7, 11) is 0. The molecule has 2 rings (SSSR count). The van der Waals surface area contributed by atoms with Gasteiger partial charge in [-0.15, -0.1) is 0 Å². The Morgan fingerprint density at radius 3 is 2.47 bits per heavy atom. The second kappa shape index (κ2) is 3.97. The maximum atomic E-state index is 9.44. The molecule has 1 saturated carbocycles. The number of hydrogen-bond donors (Lipinski definition) is 1. The van der Waals surface area contributed by atoms with Gasteiger partial charge >= 0.3 is 0 Å². The van der Waals surface area contributed by atoms with E-state index >= 15 is 0 Å². The van der Waals surface area contributed by atoms with Gasteiger partial charge in [0.05, 0.1) is 6.61 Å². The van der Waals surface area contributed by atoms with Gasteiger partial charge in [-0.1, -0.05) is 44.5 Å².